The smallest absolute Gasteiger partial charge is 0.194 e. The van der Waals surface area contributed by atoms with E-state index in [-0.39, 0.29) is 12.1 Å². The summed E-state index contributed by atoms with van der Waals surface area (Å²) in [6, 6.07) is 7.01. The molecule has 1 unspecified atom stereocenters. The topological polar surface area (TPSA) is 38.0 Å². The van der Waals surface area contributed by atoms with Gasteiger partial charge in [-0.1, -0.05) is 15.9 Å². The maximum absolute atomic E-state index is 13.3. The molecule has 0 aliphatic rings. The summed E-state index contributed by atoms with van der Waals surface area (Å²) < 4.78 is 40.5. The van der Waals surface area contributed by atoms with E-state index in [0.717, 1.165) is 27.9 Å². The van der Waals surface area contributed by atoms with E-state index < -0.39 is 23.5 Å². The highest BCUT2D eigenvalue weighted by atomic mass is 79.9. The molecule has 0 saturated carbocycles. The Labute approximate surface area is 129 Å². The largest absolute Gasteiger partial charge is 0.377 e. The predicted molar refractivity (Wildman–Crippen MR) is 80.6 cm³/mol. The van der Waals surface area contributed by atoms with Crippen molar-refractivity contribution in [3.8, 4) is 0 Å². The fourth-order valence-corrected chi connectivity index (χ4v) is 2.68. The highest BCUT2D eigenvalue weighted by Gasteiger charge is 2.16. The number of nitrogens with two attached hydrogens (primary N) is 1. The first-order valence-corrected chi connectivity index (χ1v) is 7.08. The molecule has 0 fully saturated rings. The van der Waals surface area contributed by atoms with Crippen molar-refractivity contribution in [3.63, 3.8) is 0 Å². The van der Waals surface area contributed by atoms with E-state index in [4.69, 9.17) is 5.73 Å². The molecule has 2 aromatic carbocycles. The lowest BCUT2D eigenvalue weighted by Gasteiger charge is -2.19. The van der Waals surface area contributed by atoms with Gasteiger partial charge < -0.3 is 11.1 Å². The number of anilines is 1. The van der Waals surface area contributed by atoms with Crippen LogP contribution in [0, 0.1) is 24.4 Å². The zero-order valence-corrected chi connectivity index (χ0v) is 12.8. The van der Waals surface area contributed by atoms with Crippen molar-refractivity contribution < 1.29 is 13.2 Å². The number of halogens is 4. The third-order valence-corrected chi connectivity index (χ3v) is 3.49. The Morgan fingerprint density at radius 1 is 1.10 bits per heavy atom. The van der Waals surface area contributed by atoms with Crippen LogP contribution < -0.4 is 11.1 Å². The maximum Gasteiger partial charge on any atom is 0.194 e. The zero-order chi connectivity index (χ0) is 15.6. The summed E-state index contributed by atoms with van der Waals surface area (Å²) in [5, 5.41) is 3.09. The first kappa shape index (κ1) is 15.9. The van der Waals surface area contributed by atoms with Crippen LogP contribution in [0.4, 0.5) is 18.9 Å². The molecule has 2 rings (SSSR count). The molecule has 2 aromatic rings. The van der Waals surface area contributed by atoms with Gasteiger partial charge in [0, 0.05) is 16.7 Å². The summed E-state index contributed by atoms with van der Waals surface area (Å²) in [6.45, 7) is 2.03. The maximum atomic E-state index is 13.3. The summed E-state index contributed by atoms with van der Waals surface area (Å²) in [6.07, 6.45) is 0. The summed E-state index contributed by atoms with van der Waals surface area (Å²) in [5.74, 6) is -3.93. The van der Waals surface area contributed by atoms with Crippen molar-refractivity contribution in [1.29, 1.82) is 0 Å². The number of nitrogens with one attached hydrogen (secondary N) is 1. The van der Waals surface area contributed by atoms with Crippen molar-refractivity contribution in [2.45, 2.75) is 13.0 Å². The molecule has 2 nitrogen and oxygen atoms in total. The Morgan fingerprint density at radius 3 is 2.24 bits per heavy atom. The molecule has 0 radical (unpaired) electrons. The SMILES string of the molecule is Cc1cc(Br)cc(NC(CN)c2cc(F)c(F)c(F)c2)c1. The van der Waals surface area contributed by atoms with Crippen LogP contribution in [0.15, 0.2) is 34.8 Å². The van der Waals surface area contributed by atoms with Gasteiger partial charge in [-0.3, -0.25) is 0 Å². The molecule has 0 aliphatic carbocycles. The molecule has 0 heterocycles. The molecule has 0 saturated heterocycles. The van der Waals surface area contributed by atoms with Gasteiger partial charge in [0.05, 0.1) is 6.04 Å². The van der Waals surface area contributed by atoms with Gasteiger partial charge in [0.2, 0.25) is 0 Å². The lowest BCUT2D eigenvalue weighted by Crippen LogP contribution is -2.21. The minimum atomic E-state index is -1.48. The highest BCUT2D eigenvalue weighted by Crippen LogP contribution is 2.25. The molecule has 0 aromatic heterocycles. The van der Waals surface area contributed by atoms with E-state index in [9.17, 15) is 13.2 Å². The van der Waals surface area contributed by atoms with Crippen molar-refractivity contribution >= 4 is 21.6 Å². The predicted octanol–water partition coefficient (Wildman–Crippen LogP) is 4.29. The highest BCUT2D eigenvalue weighted by molar-refractivity contribution is 9.10. The molecule has 112 valence electrons. The minimum absolute atomic E-state index is 0.107. The monoisotopic (exact) mass is 358 g/mol. The lowest BCUT2D eigenvalue weighted by atomic mass is 10.1. The third-order valence-electron chi connectivity index (χ3n) is 3.03. The number of aryl methyl sites for hydroxylation is 1. The van der Waals surface area contributed by atoms with E-state index in [1.54, 1.807) is 0 Å². The van der Waals surface area contributed by atoms with Crippen molar-refractivity contribution in [1.82, 2.24) is 0 Å². The van der Waals surface area contributed by atoms with E-state index in [1.165, 1.54) is 0 Å². The quantitative estimate of drug-likeness (QED) is 0.800. The summed E-state index contributed by atoms with van der Waals surface area (Å²) in [7, 11) is 0. The minimum Gasteiger partial charge on any atom is -0.377 e. The average Bonchev–Trinajstić information content (AvgIpc) is 2.40. The Hall–Kier alpha value is -1.53. The van der Waals surface area contributed by atoms with Crippen LogP contribution in [-0.2, 0) is 0 Å². The third kappa shape index (κ3) is 3.77. The Bertz CT molecular complexity index is 618. The molecule has 3 N–H and O–H groups in total. The standard InChI is InChI=1S/C15H14BrF3N2/c1-8-2-10(16)6-11(3-8)21-14(7-20)9-4-12(17)15(19)13(18)5-9/h2-6,14,21H,7,20H2,1H3. The normalized spacial score (nSPS) is 12.3. The van der Waals surface area contributed by atoms with Gasteiger partial charge in [-0.25, -0.2) is 13.2 Å². The molecule has 1 atom stereocenters. The fourth-order valence-electron chi connectivity index (χ4n) is 2.08. The second-order valence-electron chi connectivity index (χ2n) is 4.75. The van der Waals surface area contributed by atoms with E-state index in [1.807, 2.05) is 25.1 Å². The van der Waals surface area contributed by atoms with Gasteiger partial charge in [0.15, 0.2) is 17.5 Å². The van der Waals surface area contributed by atoms with E-state index in [2.05, 4.69) is 21.2 Å². The molecule has 21 heavy (non-hydrogen) atoms. The number of rotatable bonds is 4. The van der Waals surface area contributed by atoms with Crippen LogP contribution in [-0.4, -0.2) is 6.54 Å². The van der Waals surface area contributed by atoms with E-state index >= 15 is 0 Å². The molecular formula is C15H14BrF3N2. The van der Waals surface area contributed by atoms with Crippen LogP contribution in [0.3, 0.4) is 0 Å². The van der Waals surface area contributed by atoms with Crippen molar-refractivity contribution in [3.05, 3.63) is 63.4 Å². The van der Waals surface area contributed by atoms with Gasteiger partial charge >= 0.3 is 0 Å². The molecular weight excluding hydrogens is 345 g/mol. The second kappa shape index (κ2) is 6.49. The molecule has 0 spiro atoms. The average molecular weight is 359 g/mol. The Balaban J connectivity index is 2.31. The Kier molecular flexibility index (Phi) is 4.90. The first-order valence-electron chi connectivity index (χ1n) is 6.29. The number of hydrogen-bond acceptors (Lipinski definition) is 2. The number of benzene rings is 2. The van der Waals surface area contributed by atoms with Crippen LogP contribution in [0.1, 0.15) is 17.2 Å². The van der Waals surface area contributed by atoms with Crippen LogP contribution in [0.2, 0.25) is 0 Å². The second-order valence-corrected chi connectivity index (χ2v) is 5.66. The lowest BCUT2D eigenvalue weighted by molar-refractivity contribution is 0.444. The van der Waals surface area contributed by atoms with Crippen LogP contribution >= 0.6 is 15.9 Å². The number of hydrogen-bond donors (Lipinski definition) is 2. The molecule has 6 heteroatoms. The Morgan fingerprint density at radius 2 is 1.71 bits per heavy atom. The molecule has 0 amide bonds. The summed E-state index contributed by atoms with van der Waals surface area (Å²) >= 11 is 3.37. The van der Waals surface area contributed by atoms with Crippen LogP contribution in [0.5, 0.6) is 0 Å². The summed E-state index contributed by atoms with van der Waals surface area (Å²) in [5.41, 5.74) is 7.68. The summed E-state index contributed by atoms with van der Waals surface area (Å²) in [4.78, 5) is 0. The fraction of sp³-hybridized carbons (Fsp3) is 0.200. The van der Waals surface area contributed by atoms with Gasteiger partial charge in [-0.05, 0) is 48.4 Å². The molecule has 0 aliphatic heterocycles. The van der Waals surface area contributed by atoms with Crippen molar-refractivity contribution in [2.75, 3.05) is 11.9 Å². The van der Waals surface area contributed by atoms with Gasteiger partial charge in [0.1, 0.15) is 0 Å². The van der Waals surface area contributed by atoms with Gasteiger partial charge in [-0.2, -0.15) is 0 Å². The zero-order valence-electron chi connectivity index (χ0n) is 11.3. The van der Waals surface area contributed by atoms with Gasteiger partial charge in [-0.15, -0.1) is 0 Å². The van der Waals surface area contributed by atoms with Gasteiger partial charge in [0.25, 0.3) is 0 Å². The van der Waals surface area contributed by atoms with Crippen LogP contribution in [0.25, 0.3) is 0 Å². The van der Waals surface area contributed by atoms with Crippen molar-refractivity contribution in [2.24, 2.45) is 5.73 Å². The first-order chi connectivity index (χ1) is 9.90. The van der Waals surface area contributed by atoms with E-state index in [0.29, 0.717) is 0 Å². The molecule has 0 bridgehead atoms.